The van der Waals surface area contributed by atoms with Crippen molar-refractivity contribution in [3.63, 3.8) is 0 Å². The largest absolute Gasteiger partial charge is 0.481 e. The number of nitrogens with zero attached hydrogens (tertiary/aromatic N) is 1. The molecule has 1 heterocycles. The molecule has 1 N–H and O–H groups in total. The summed E-state index contributed by atoms with van der Waals surface area (Å²) in [5.74, 6) is -1.12. The fraction of sp³-hybridized carbons (Fsp3) is 0.160. The van der Waals surface area contributed by atoms with Gasteiger partial charge in [-0.1, -0.05) is 48.5 Å². The van der Waals surface area contributed by atoms with Crippen LogP contribution in [-0.4, -0.2) is 30.5 Å². The van der Waals surface area contributed by atoms with Crippen molar-refractivity contribution in [3.05, 3.63) is 77.9 Å². The van der Waals surface area contributed by atoms with Crippen molar-refractivity contribution in [3.8, 4) is 5.75 Å². The second kappa shape index (κ2) is 8.93. The summed E-state index contributed by atoms with van der Waals surface area (Å²) in [6.07, 6.45) is 1.25. The number of hydrazine groups is 1. The van der Waals surface area contributed by atoms with Crippen molar-refractivity contribution in [2.24, 2.45) is 0 Å². The van der Waals surface area contributed by atoms with Crippen molar-refractivity contribution in [1.29, 1.82) is 0 Å². The molecule has 0 spiro atoms. The standard InChI is InChI=1S/C25H22N2O5/c1-16(2)32-23(28)15-31-22-13-12-17-8-6-7-11-19(17)20(22)14-21-24(29)26-27(25(21)30)18-9-4-3-5-10-18/h3-14,16H,15H2,1-2H3,(H,26,29). The van der Waals surface area contributed by atoms with Gasteiger partial charge in [-0.3, -0.25) is 15.0 Å². The number of esters is 1. The lowest BCUT2D eigenvalue weighted by Gasteiger charge is -2.14. The normalized spacial score (nSPS) is 14.8. The summed E-state index contributed by atoms with van der Waals surface area (Å²) in [6.45, 7) is 3.22. The minimum absolute atomic E-state index is 0.0280. The van der Waals surface area contributed by atoms with E-state index < -0.39 is 17.8 Å². The molecule has 1 aliphatic rings. The molecule has 0 aromatic heterocycles. The molecule has 162 valence electrons. The highest BCUT2D eigenvalue weighted by atomic mass is 16.6. The monoisotopic (exact) mass is 430 g/mol. The van der Waals surface area contributed by atoms with Crippen molar-refractivity contribution in [2.75, 3.05) is 11.6 Å². The summed E-state index contributed by atoms with van der Waals surface area (Å²) < 4.78 is 10.9. The number of carbonyl (C=O) groups is 3. The van der Waals surface area contributed by atoms with E-state index in [4.69, 9.17) is 9.47 Å². The average Bonchev–Trinajstić information content (AvgIpc) is 3.07. The van der Waals surface area contributed by atoms with E-state index in [0.717, 1.165) is 10.8 Å². The van der Waals surface area contributed by atoms with E-state index in [1.54, 1.807) is 44.2 Å². The molecule has 3 aromatic carbocycles. The van der Waals surface area contributed by atoms with Crippen LogP contribution >= 0.6 is 0 Å². The minimum Gasteiger partial charge on any atom is -0.481 e. The zero-order valence-electron chi connectivity index (χ0n) is 17.7. The lowest BCUT2D eigenvalue weighted by Crippen LogP contribution is -2.35. The Bertz CT molecular complexity index is 1220. The second-order valence-corrected chi connectivity index (χ2v) is 7.50. The highest BCUT2D eigenvalue weighted by Gasteiger charge is 2.34. The Morgan fingerprint density at radius 1 is 1.00 bits per heavy atom. The third kappa shape index (κ3) is 4.32. The summed E-state index contributed by atoms with van der Waals surface area (Å²) in [5.41, 5.74) is 3.65. The number of anilines is 1. The van der Waals surface area contributed by atoms with Crippen LogP contribution in [0.15, 0.2) is 72.3 Å². The number of benzene rings is 3. The lowest BCUT2D eigenvalue weighted by molar-refractivity contribution is -0.149. The molecule has 4 rings (SSSR count). The number of fused-ring (bicyclic) bond motifs is 1. The molecule has 0 radical (unpaired) electrons. The van der Waals surface area contributed by atoms with Gasteiger partial charge in [0.2, 0.25) is 0 Å². The topological polar surface area (TPSA) is 84.9 Å². The van der Waals surface area contributed by atoms with Gasteiger partial charge >= 0.3 is 5.97 Å². The van der Waals surface area contributed by atoms with Crippen LogP contribution in [-0.2, 0) is 19.1 Å². The molecule has 7 nitrogen and oxygen atoms in total. The molecule has 3 aromatic rings. The molecule has 1 saturated heterocycles. The number of para-hydroxylation sites is 1. The maximum atomic E-state index is 13.0. The third-order valence-electron chi connectivity index (χ3n) is 4.84. The molecule has 1 fully saturated rings. The minimum atomic E-state index is -0.517. The smallest absolute Gasteiger partial charge is 0.344 e. The Morgan fingerprint density at radius 3 is 2.47 bits per heavy atom. The first kappa shape index (κ1) is 21.1. The lowest BCUT2D eigenvalue weighted by atomic mass is 10.0. The Hall–Kier alpha value is -4.13. The molecule has 2 amide bonds. The Kier molecular flexibility index (Phi) is 5.89. The van der Waals surface area contributed by atoms with Crippen molar-refractivity contribution >= 4 is 40.3 Å². The maximum absolute atomic E-state index is 13.0. The number of nitrogens with one attached hydrogen (secondary N) is 1. The average molecular weight is 430 g/mol. The Balaban J connectivity index is 1.72. The SMILES string of the molecule is CC(C)OC(=O)COc1ccc2ccccc2c1C=C1C(=O)NN(c2ccccc2)C1=O. The van der Waals surface area contributed by atoms with Gasteiger partial charge in [0.25, 0.3) is 11.8 Å². The number of hydrogen-bond acceptors (Lipinski definition) is 5. The van der Waals surface area contributed by atoms with Gasteiger partial charge in [0.05, 0.1) is 11.8 Å². The summed E-state index contributed by atoms with van der Waals surface area (Å²) in [6, 6.07) is 19.9. The molecule has 0 aliphatic carbocycles. The highest BCUT2D eigenvalue weighted by molar-refractivity contribution is 6.32. The fourth-order valence-corrected chi connectivity index (χ4v) is 3.44. The molecule has 32 heavy (non-hydrogen) atoms. The summed E-state index contributed by atoms with van der Waals surface area (Å²) in [5, 5.41) is 2.90. The van der Waals surface area contributed by atoms with Crippen molar-refractivity contribution in [1.82, 2.24) is 5.43 Å². The van der Waals surface area contributed by atoms with E-state index >= 15 is 0 Å². The van der Waals surface area contributed by atoms with Crippen LogP contribution in [0.5, 0.6) is 5.75 Å². The van der Waals surface area contributed by atoms with E-state index in [1.807, 2.05) is 36.4 Å². The maximum Gasteiger partial charge on any atom is 0.344 e. The molecule has 0 atom stereocenters. The van der Waals surface area contributed by atoms with Gasteiger partial charge in [-0.25, -0.2) is 9.80 Å². The molecule has 0 unspecified atom stereocenters. The molecule has 1 aliphatic heterocycles. The van der Waals surface area contributed by atoms with Gasteiger partial charge < -0.3 is 9.47 Å². The molecule has 0 bridgehead atoms. The van der Waals surface area contributed by atoms with E-state index in [1.165, 1.54) is 11.1 Å². The van der Waals surface area contributed by atoms with E-state index in [0.29, 0.717) is 17.0 Å². The first-order valence-corrected chi connectivity index (χ1v) is 10.2. The predicted molar refractivity (Wildman–Crippen MR) is 121 cm³/mol. The first-order valence-electron chi connectivity index (χ1n) is 10.2. The van der Waals surface area contributed by atoms with Crippen LogP contribution in [0.25, 0.3) is 16.8 Å². The van der Waals surface area contributed by atoms with Crippen molar-refractivity contribution in [2.45, 2.75) is 20.0 Å². The predicted octanol–water partition coefficient (Wildman–Crippen LogP) is 3.63. The number of rotatable bonds is 6. The zero-order chi connectivity index (χ0) is 22.7. The number of ether oxygens (including phenoxy) is 2. The highest BCUT2D eigenvalue weighted by Crippen LogP contribution is 2.32. The van der Waals surface area contributed by atoms with Gasteiger partial charge in [-0.15, -0.1) is 0 Å². The van der Waals surface area contributed by atoms with E-state index in [9.17, 15) is 14.4 Å². The summed E-state index contributed by atoms with van der Waals surface area (Å²) >= 11 is 0. The molecular weight excluding hydrogens is 408 g/mol. The number of carbonyl (C=O) groups excluding carboxylic acids is 3. The van der Waals surface area contributed by atoms with Gasteiger partial charge in [-0.2, -0.15) is 0 Å². The Morgan fingerprint density at radius 2 is 1.72 bits per heavy atom. The summed E-state index contributed by atoms with van der Waals surface area (Å²) in [7, 11) is 0. The third-order valence-corrected chi connectivity index (χ3v) is 4.84. The van der Waals surface area contributed by atoms with E-state index in [-0.39, 0.29) is 18.3 Å². The van der Waals surface area contributed by atoms with Crippen LogP contribution in [0.2, 0.25) is 0 Å². The zero-order valence-corrected chi connectivity index (χ0v) is 17.7. The van der Waals surface area contributed by atoms with Gasteiger partial charge in [0.1, 0.15) is 11.3 Å². The van der Waals surface area contributed by atoms with Gasteiger partial charge in [-0.05, 0) is 48.9 Å². The number of hydrogen-bond donors (Lipinski definition) is 1. The first-order chi connectivity index (χ1) is 15.4. The van der Waals surface area contributed by atoms with Crippen LogP contribution in [0.1, 0.15) is 19.4 Å². The van der Waals surface area contributed by atoms with Crippen LogP contribution < -0.4 is 15.2 Å². The molecule has 7 heteroatoms. The van der Waals surface area contributed by atoms with Crippen LogP contribution in [0, 0.1) is 0 Å². The molecular formula is C25H22N2O5. The van der Waals surface area contributed by atoms with Gasteiger partial charge in [0.15, 0.2) is 6.61 Å². The fourth-order valence-electron chi connectivity index (χ4n) is 3.44. The second-order valence-electron chi connectivity index (χ2n) is 7.50. The number of amides is 2. The summed E-state index contributed by atoms with van der Waals surface area (Å²) in [4.78, 5) is 37.6. The van der Waals surface area contributed by atoms with Crippen LogP contribution in [0.3, 0.4) is 0 Å². The van der Waals surface area contributed by atoms with Crippen molar-refractivity contribution < 1.29 is 23.9 Å². The molecule has 0 saturated carbocycles. The Labute approximate surface area is 185 Å². The quantitative estimate of drug-likeness (QED) is 0.367. The van der Waals surface area contributed by atoms with E-state index in [2.05, 4.69) is 5.43 Å². The van der Waals surface area contributed by atoms with Gasteiger partial charge in [0, 0.05) is 5.56 Å². The van der Waals surface area contributed by atoms with Crippen LogP contribution in [0.4, 0.5) is 5.69 Å².